The van der Waals surface area contributed by atoms with Crippen LogP contribution in [0.1, 0.15) is 22.8 Å². The summed E-state index contributed by atoms with van der Waals surface area (Å²) in [5.41, 5.74) is 0.409. The fraction of sp³-hybridized carbons (Fsp3) is 0.154. The fourth-order valence-corrected chi connectivity index (χ4v) is 1.62. The van der Waals surface area contributed by atoms with Gasteiger partial charge in [0, 0.05) is 6.20 Å². The van der Waals surface area contributed by atoms with E-state index in [0.29, 0.717) is 5.69 Å². The van der Waals surface area contributed by atoms with E-state index >= 15 is 0 Å². The molecular formula is C13H12N2O3. The Morgan fingerprint density at radius 3 is 2.33 bits per heavy atom. The number of carbonyl (C=O) groups excluding carboxylic acids is 1. The number of hydrogen-bond acceptors (Lipinski definition) is 3. The molecule has 2 rings (SSSR count). The van der Waals surface area contributed by atoms with Crippen LogP contribution in [0.15, 0.2) is 40.1 Å². The maximum atomic E-state index is 11.7. The second-order valence-electron chi connectivity index (χ2n) is 4.06. The highest BCUT2D eigenvalue weighted by Gasteiger charge is 2.09. The van der Waals surface area contributed by atoms with E-state index in [0.717, 1.165) is 5.56 Å². The van der Waals surface area contributed by atoms with Crippen LogP contribution in [0.3, 0.4) is 0 Å². The molecule has 5 heteroatoms. The van der Waals surface area contributed by atoms with Crippen LogP contribution >= 0.6 is 0 Å². The van der Waals surface area contributed by atoms with Crippen molar-refractivity contribution in [2.75, 3.05) is 0 Å². The minimum absolute atomic E-state index is 0.0322. The molecule has 0 aliphatic carbocycles. The maximum absolute atomic E-state index is 11.7. The molecule has 0 fully saturated rings. The topological polar surface area (TPSA) is 71.9 Å². The molecule has 1 aromatic carbocycles. The third-order valence-electron chi connectivity index (χ3n) is 2.63. The van der Waals surface area contributed by atoms with Gasteiger partial charge < -0.3 is 0 Å². The Labute approximate surface area is 103 Å². The van der Waals surface area contributed by atoms with E-state index in [1.54, 1.807) is 12.1 Å². The van der Waals surface area contributed by atoms with E-state index < -0.39 is 11.2 Å². The zero-order valence-corrected chi connectivity index (χ0v) is 10.1. The Morgan fingerprint density at radius 2 is 1.78 bits per heavy atom. The third kappa shape index (κ3) is 2.15. The van der Waals surface area contributed by atoms with Crippen molar-refractivity contribution in [3.05, 3.63) is 62.4 Å². The van der Waals surface area contributed by atoms with Crippen LogP contribution in [0.5, 0.6) is 0 Å². The van der Waals surface area contributed by atoms with Gasteiger partial charge in [0.25, 0.3) is 5.56 Å². The Balaban J connectivity index is 2.68. The molecule has 5 nitrogen and oxygen atoms in total. The summed E-state index contributed by atoms with van der Waals surface area (Å²) in [4.78, 5) is 36.5. The summed E-state index contributed by atoms with van der Waals surface area (Å²) in [6.07, 6.45) is 1.27. The Bertz CT molecular complexity index is 708. The molecule has 0 saturated carbocycles. The summed E-state index contributed by atoms with van der Waals surface area (Å²) in [5, 5.41) is 0. The molecule has 18 heavy (non-hydrogen) atoms. The number of carbonyl (C=O) groups is 1. The quantitative estimate of drug-likeness (QED) is 0.802. The number of ketones is 1. The number of aromatic amines is 1. The molecule has 0 unspecified atom stereocenters. The highest BCUT2D eigenvalue weighted by Crippen LogP contribution is 2.06. The molecule has 1 heterocycles. The highest BCUT2D eigenvalue weighted by atomic mass is 16.2. The first-order chi connectivity index (χ1) is 8.49. The predicted octanol–water partition coefficient (Wildman–Crippen LogP) is 1.04. The van der Waals surface area contributed by atoms with Crippen molar-refractivity contribution in [1.29, 1.82) is 0 Å². The molecule has 1 aromatic heterocycles. The van der Waals surface area contributed by atoms with Crippen molar-refractivity contribution in [3.63, 3.8) is 0 Å². The normalized spacial score (nSPS) is 10.3. The molecule has 0 saturated heterocycles. The standard InChI is InChI=1S/C13H12N2O3/c1-8-3-5-10(6-4-8)15-7-11(9(2)16)12(17)14-13(15)18/h3-7H,1-2H3,(H,14,17,18). The van der Waals surface area contributed by atoms with Gasteiger partial charge in [0.05, 0.1) is 11.3 Å². The van der Waals surface area contributed by atoms with Crippen molar-refractivity contribution < 1.29 is 4.79 Å². The van der Waals surface area contributed by atoms with Crippen molar-refractivity contribution in [2.24, 2.45) is 0 Å². The number of Topliss-reactive ketones (excluding diaryl/α,β-unsaturated/α-hetero) is 1. The maximum Gasteiger partial charge on any atom is 0.332 e. The molecule has 0 amide bonds. The lowest BCUT2D eigenvalue weighted by atomic mass is 10.2. The van der Waals surface area contributed by atoms with E-state index in [-0.39, 0.29) is 11.3 Å². The Hall–Kier alpha value is -2.43. The summed E-state index contributed by atoms with van der Waals surface area (Å²) in [6, 6.07) is 7.19. The van der Waals surface area contributed by atoms with Gasteiger partial charge >= 0.3 is 5.69 Å². The highest BCUT2D eigenvalue weighted by molar-refractivity contribution is 5.93. The molecule has 0 atom stereocenters. The van der Waals surface area contributed by atoms with Gasteiger partial charge in [-0.25, -0.2) is 4.79 Å². The minimum Gasteiger partial charge on any atom is -0.294 e. The Morgan fingerprint density at radius 1 is 1.17 bits per heavy atom. The first-order valence-electron chi connectivity index (χ1n) is 5.43. The average molecular weight is 244 g/mol. The van der Waals surface area contributed by atoms with Crippen LogP contribution < -0.4 is 11.2 Å². The van der Waals surface area contributed by atoms with Gasteiger partial charge in [-0.2, -0.15) is 0 Å². The van der Waals surface area contributed by atoms with Gasteiger partial charge in [0.15, 0.2) is 5.78 Å². The SMILES string of the molecule is CC(=O)c1cn(-c2ccc(C)cc2)c(=O)[nH]c1=O. The zero-order valence-electron chi connectivity index (χ0n) is 10.1. The predicted molar refractivity (Wildman–Crippen MR) is 67.4 cm³/mol. The molecule has 0 aliphatic rings. The van der Waals surface area contributed by atoms with Gasteiger partial charge in [0.1, 0.15) is 0 Å². The van der Waals surface area contributed by atoms with Gasteiger partial charge in [-0.15, -0.1) is 0 Å². The first-order valence-corrected chi connectivity index (χ1v) is 5.43. The van der Waals surface area contributed by atoms with Gasteiger partial charge in [0.2, 0.25) is 0 Å². The molecule has 1 N–H and O–H groups in total. The summed E-state index contributed by atoms with van der Waals surface area (Å²) in [5.74, 6) is -0.378. The zero-order chi connectivity index (χ0) is 13.3. The van der Waals surface area contributed by atoms with Crippen LogP contribution in [-0.2, 0) is 0 Å². The van der Waals surface area contributed by atoms with Crippen molar-refractivity contribution in [3.8, 4) is 5.69 Å². The minimum atomic E-state index is -0.657. The number of aromatic nitrogens is 2. The van der Waals surface area contributed by atoms with Crippen molar-refractivity contribution in [1.82, 2.24) is 9.55 Å². The lowest BCUT2D eigenvalue weighted by Gasteiger charge is -2.06. The molecular weight excluding hydrogens is 232 g/mol. The Kier molecular flexibility index (Phi) is 2.97. The van der Waals surface area contributed by atoms with Crippen molar-refractivity contribution >= 4 is 5.78 Å². The van der Waals surface area contributed by atoms with E-state index in [1.807, 2.05) is 19.1 Å². The molecule has 92 valence electrons. The summed E-state index contributed by atoms with van der Waals surface area (Å²) in [7, 11) is 0. The molecule has 0 spiro atoms. The number of nitrogens with zero attached hydrogens (tertiary/aromatic N) is 1. The first kappa shape index (κ1) is 12.0. The molecule has 0 radical (unpaired) electrons. The smallest absolute Gasteiger partial charge is 0.294 e. The van der Waals surface area contributed by atoms with Crippen LogP contribution in [0.2, 0.25) is 0 Å². The van der Waals surface area contributed by atoms with E-state index in [9.17, 15) is 14.4 Å². The number of rotatable bonds is 2. The van der Waals surface area contributed by atoms with E-state index in [2.05, 4.69) is 4.98 Å². The van der Waals surface area contributed by atoms with Crippen molar-refractivity contribution in [2.45, 2.75) is 13.8 Å². The summed E-state index contributed by atoms with van der Waals surface area (Å²) < 4.78 is 1.25. The molecule has 0 bridgehead atoms. The van der Waals surface area contributed by atoms with Crippen LogP contribution in [0.4, 0.5) is 0 Å². The second kappa shape index (κ2) is 4.44. The van der Waals surface area contributed by atoms with Gasteiger partial charge in [-0.3, -0.25) is 19.1 Å². The average Bonchev–Trinajstić information content (AvgIpc) is 2.30. The van der Waals surface area contributed by atoms with Crippen LogP contribution in [0, 0.1) is 6.92 Å². The number of H-pyrrole nitrogens is 1. The third-order valence-corrected chi connectivity index (χ3v) is 2.63. The van der Waals surface area contributed by atoms with Gasteiger partial charge in [-0.1, -0.05) is 17.7 Å². The second-order valence-corrected chi connectivity index (χ2v) is 4.06. The van der Waals surface area contributed by atoms with Gasteiger partial charge in [-0.05, 0) is 26.0 Å². The van der Waals surface area contributed by atoms with Crippen LogP contribution in [-0.4, -0.2) is 15.3 Å². The molecule has 2 aromatic rings. The fourth-order valence-electron chi connectivity index (χ4n) is 1.62. The molecule has 0 aliphatic heterocycles. The number of hydrogen-bond donors (Lipinski definition) is 1. The summed E-state index contributed by atoms with van der Waals surface area (Å²) >= 11 is 0. The van der Waals surface area contributed by atoms with E-state index in [4.69, 9.17) is 0 Å². The monoisotopic (exact) mass is 244 g/mol. The van der Waals surface area contributed by atoms with E-state index in [1.165, 1.54) is 17.7 Å². The number of benzene rings is 1. The van der Waals surface area contributed by atoms with Crippen LogP contribution in [0.25, 0.3) is 5.69 Å². The number of nitrogens with one attached hydrogen (secondary N) is 1. The number of aryl methyl sites for hydroxylation is 1. The lowest BCUT2D eigenvalue weighted by Crippen LogP contribution is -2.32. The lowest BCUT2D eigenvalue weighted by molar-refractivity contribution is 0.101. The largest absolute Gasteiger partial charge is 0.332 e. The summed E-state index contributed by atoms with van der Waals surface area (Å²) in [6.45, 7) is 3.22.